The van der Waals surface area contributed by atoms with Gasteiger partial charge in [-0.2, -0.15) is 0 Å². The van der Waals surface area contributed by atoms with Crippen LogP contribution in [-0.2, 0) is 6.42 Å². The lowest BCUT2D eigenvalue weighted by Gasteiger charge is -2.48. The fourth-order valence-electron chi connectivity index (χ4n) is 2.10. The van der Waals surface area contributed by atoms with Gasteiger partial charge in [-0.1, -0.05) is 32.4 Å². The fraction of sp³-hybridized carbons (Fsp3) is 0.571. The number of hydrogen-bond donors (Lipinski definition) is 0. The van der Waals surface area contributed by atoms with E-state index in [0.29, 0.717) is 0 Å². The van der Waals surface area contributed by atoms with Crippen LogP contribution in [0, 0.1) is 5.41 Å². The molecule has 0 aliphatic heterocycles. The van der Waals surface area contributed by atoms with Crippen LogP contribution in [0.2, 0.25) is 5.02 Å². The molecule has 1 aliphatic carbocycles. The largest absolute Gasteiger partial charge is 0.490 e. The lowest BCUT2D eigenvalue weighted by Crippen LogP contribution is -2.53. The van der Waals surface area contributed by atoms with Crippen molar-refractivity contribution in [2.75, 3.05) is 0 Å². The van der Waals surface area contributed by atoms with Crippen molar-refractivity contribution < 1.29 is 4.74 Å². The molecule has 0 aromatic heterocycles. The minimum absolute atomic E-state index is 0.0492. The maximum atomic E-state index is 6.18. The Labute approximate surface area is 113 Å². The predicted octanol–water partition coefficient (Wildman–Crippen LogP) is 4.69. The number of halogens is 2. The Morgan fingerprint density at radius 3 is 2.65 bits per heavy atom. The third kappa shape index (κ3) is 2.41. The van der Waals surface area contributed by atoms with Gasteiger partial charge >= 0.3 is 0 Å². The van der Waals surface area contributed by atoms with Gasteiger partial charge in [0, 0.05) is 22.2 Å². The van der Waals surface area contributed by atoms with Crippen molar-refractivity contribution in [3.63, 3.8) is 0 Å². The van der Waals surface area contributed by atoms with E-state index >= 15 is 0 Å². The number of aryl methyl sites for hydroxylation is 1. The molecule has 0 N–H and O–H groups in total. The summed E-state index contributed by atoms with van der Waals surface area (Å²) in [6.45, 7) is 6.39. The lowest BCUT2D eigenvalue weighted by atomic mass is 9.68. The Bertz CT molecular complexity index is 415. The molecule has 0 radical (unpaired) electrons. The summed E-state index contributed by atoms with van der Waals surface area (Å²) in [4.78, 5) is 0. The topological polar surface area (TPSA) is 9.23 Å². The number of alkyl halides is 1. The highest BCUT2D eigenvalue weighted by atomic mass is 35.5. The highest BCUT2D eigenvalue weighted by Crippen LogP contribution is 2.46. The molecule has 94 valence electrons. The van der Waals surface area contributed by atoms with Gasteiger partial charge in [-0.15, -0.1) is 11.6 Å². The second-order valence-electron chi connectivity index (χ2n) is 5.24. The Hall–Kier alpha value is -0.400. The van der Waals surface area contributed by atoms with E-state index in [2.05, 4.69) is 20.8 Å². The van der Waals surface area contributed by atoms with Crippen LogP contribution in [0.15, 0.2) is 18.2 Å². The smallest absolute Gasteiger partial charge is 0.120 e. The molecule has 1 nitrogen and oxygen atoms in total. The standard InChI is InChI=1S/C14H18Cl2O/c1-4-9-7-10(5-6-11(9)15)17-13-8-12(16)14(13,2)3/h5-7,12-13H,4,8H2,1-3H3. The van der Waals surface area contributed by atoms with Crippen LogP contribution in [-0.4, -0.2) is 11.5 Å². The molecule has 1 fully saturated rings. The van der Waals surface area contributed by atoms with Gasteiger partial charge in [0.25, 0.3) is 0 Å². The average Bonchev–Trinajstić information content (AvgIpc) is 2.31. The van der Waals surface area contributed by atoms with Crippen molar-refractivity contribution in [1.82, 2.24) is 0 Å². The van der Waals surface area contributed by atoms with E-state index in [-0.39, 0.29) is 16.9 Å². The summed E-state index contributed by atoms with van der Waals surface area (Å²) >= 11 is 12.3. The number of rotatable bonds is 3. The Balaban J connectivity index is 2.10. The van der Waals surface area contributed by atoms with E-state index in [1.54, 1.807) is 0 Å². The van der Waals surface area contributed by atoms with Gasteiger partial charge in [0.1, 0.15) is 11.9 Å². The van der Waals surface area contributed by atoms with E-state index in [4.69, 9.17) is 27.9 Å². The minimum atomic E-state index is 0.0492. The van der Waals surface area contributed by atoms with Crippen molar-refractivity contribution in [3.8, 4) is 5.75 Å². The molecule has 1 saturated carbocycles. The number of hydrogen-bond acceptors (Lipinski definition) is 1. The summed E-state index contributed by atoms with van der Waals surface area (Å²) in [5.41, 5.74) is 1.18. The third-order valence-corrected chi connectivity index (χ3v) is 4.84. The van der Waals surface area contributed by atoms with Gasteiger partial charge < -0.3 is 4.74 Å². The first kappa shape index (κ1) is 13.0. The van der Waals surface area contributed by atoms with Crippen LogP contribution >= 0.6 is 23.2 Å². The Morgan fingerprint density at radius 1 is 1.41 bits per heavy atom. The zero-order valence-electron chi connectivity index (χ0n) is 10.5. The zero-order valence-corrected chi connectivity index (χ0v) is 12.0. The van der Waals surface area contributed by atoms with Crippen molar-refractivity contribution in [2.45, 2.75) is 45.1 Å². The molecule has 0 amide bonds. The van der Waals surface area contributed by atoms with Gasteiger partial charge in [-0.25, -0.2) is 0 Å². The molecule has 1 aliphatic rings. The van der Waals surface area contributed by atoms with Crippen LogP contribution in [0.4, 0.5) is 0 Å². The van der Waals surface area contributed by atoms with E-state index in [1.165, 1.54) is 0 Å². The normalized spacial score (nSPS) is 26.4. The highest BCUT2D eigenvalue weighted by Gasteiger charge is 2.49. The second kappa shape index (κ2) is 4.70. The van der Waals surface area contributed by atoms with Crippen molar-refractivity contribution in [2.24, 2.45) is 5.41 Å². The summed E-state index contributed by atoms with van der Waals surface area (Å²) in [7, 11) is 0. The zero-order chi connectivity index (χ0) is 12.6. The monoisotopic (exact) mass is 272 g/mol. The Kier molecular flexibility index (Phi) is 3.61. The number of ether oxygens (including phenoxy) is 1. The SMILES string of the molecule is CCc1cc(OC2CC(Cl)C2(C)C)ccc1Cl. The van der Waals surface area contributed by atoms with Crippen LogP contribution in [0.1, 0.15) is 32.8 Å². The predicted molar refractivity (Wildman–Crippen MR) is 73.3 cm³/mol. The first-order valence-corrected chi connectivity index (χ1v) is 6.85. The minimum Gasteiger partial charge on any atom is -0.490 e. The molecule has 2 rings (SSSR count). The molecule has 17 heavy (non-hydrogen) atoms. The summed E-state index contributed by atoms with van der Waals surface area (Å²) < 4.78 is 5.99. The first-order valence-electron chi connectivity index (χ1n) is 6.04. The summed E-state index contributed by atoms with van der Waals surface area (Å²) in [6, 6.07) is 5.86. The van der Waals surface area contributed by atoms with E-state index < -0.39 is 0 Å². The molecular formula is C14H18Cl2O. The third-order valence-electron chi connectivity index (χ3n) is 3.73. The molecule has 2 unspecified atom stereocenters. The van der Waals surface area contributed by atoms with Gasteiger partial charge in [0.15, 0.2) is 0 Å². The van der Waals surface area contributed by atoms with Crippen molar-refractivity contribution >= 4 is 23.2 Å². The maximum absolute atomic E-state index is 6.18. The summed E-state index contributed by atoms with van der Waals surface area (Å²) in [5, 5.41) is 1.02. The van der Waals surface area contributed by atoms with Crippen molar-refractivity contribution in [1.29, 1.82) is 0 Å². The van der Waals surface area contributed by atoms with Gasteiger partial charge in [-0.3, -0.25) is 0 Å². The maximum Gasteiger partial charge on any atom is 0.120 e. The van der Waals surface area contributed by atoms with Gasteiger partial charge in [-0.05, 0) is 30.2 Å². The van der Waals surface area contributed by atoms with E-state index in [9.17, 15) is 0 Å². The van der Waals surface area contributed by atoms with Crippen LogP contribution < -0.4 is 4.74 Å². The molecule has 0 spiro atoms. The quantitative estimate of drug-likeness (QED) is 0.726. The van der Waals surface area contributed by atoms with Crippen LogP contribution in [0.25, 0.3) is 0 Å². The molecule has 2 atom stereocenters. The molecule has 0 bridgehead atoms. The van der Waals surface area contributed by atoms with Crippen molar-refractivity contribution in [3.05, 3.63) is 28.8 Å². The van der Waals surface area contributed by atoms with Crippen LogP contribution in [0.3, 0.4) is 0 Å². The molecule has 1 aromatic rings. The molecule has 0 saturated heterocycles. The molecule has 1 aromatic carbocycles. The van der Waals surface area contributed by atoms with E-state index in [0.717, 1.165) is 29.2 Å². The van der Waals surface area contributed by atoms with E-state index in [1.807, 2.05) is 18.2 Å². The molecule has 3 heteroatoms. The van der Waals surface area contributed by atoms with Gasteiger partial charge in [0.2, 0.25) is 0 Å². The fourth-order valence-corrected chi connectivity index (χ4v) is 2.65. The lowest BCUT2D eigenvalue weighted by molar-refractivity contribution is -0.0130. The average molecular weight is 273 g/mol. The highest BCUT2D eigenvalue weighted by molar-refractivity contribution is 6.31. The number of benzene rings is 1. The summed E-state index contributed by atoms with van der Waals surface area (Å²) in [5.74, 6) is 0.896. The molecular weight excluding hydrogens is 255 g/mol. The first-order chi connectivity index (χ1) is 7.95. The second-order valence-corrected chi connectivity index (χ2v) is 6.17. The Morgan fingerprint density at radius 2 is 2.12 bits per heavy atom. The van der Waals surface area contributed by atoms with Gasteiger partial charge in [0.05, 0.1) is 0 Å². The summed E-state index contributed by atoms with van der Waals surface area (Å²) in [6.07, 6.45) is 2.04. The molecule has 0 heterocycles. The van der Waals surface area contributed by atoms with Crippen LogP contribution in [0.5, 0.6) is 5.75 Å².